The average molecular weight is 276 g/mol. The molecule has 1 aromatic carbocycles. The summed E-state index contributed by atoms with van der Waals surface area (Å²) in [6, 6.07) is 5.34. The topological polar surface area (TPSA) is 68.2 Å². The summed E-state index contributed by atoms with van der Waals surface area (Å²) in [4.78, 5) is 10.9. The number of aryl methyl sites for hydroxylation is 2. The van der Waals surface area contributed by atoms with E-state index in [-0.39, 0.29) is 0 Å². The van der Waals surface area contributed by atoms with Gasteiger partial charge in [-0.1, -0.05) is 26.0 Å². The largest absolute Gasteiger partial charge is 0.480 e. The maximum atomic E-state index is 10.9. The molecule has 1 aromatic heterocycles. The minimum absolute atomic E-state index is 0.363. The van der Waals surface area contributed by atoms with Gasteiger partial charge >= 0.3 is 5.97 Å². The third-order valence-corrected chi connectivity index (χ3v) is 3.52. The van der Waals surface area contributed by atoms with Crippen LogP contribution in [-0.2, 0) is 18.3 Å². The van der Waals surface area contributed by atoms with Crippen LogP contribution in [-0.4, -0.2) is 21.7 Å². The summed E-state index contributed by atoms with van der Waals surface area (Å²) >= 11 is 0. The zero-order valence-corrected chi connectivity index (χ0v) is 12.9. The maximum absolute atomic E-state index is 10.9. The lowest BCUT2D eigenvalue weighted by molar-refractivity contribution is -0.138. The lowest BCUT2D eigenvalue weighted by Crippen LogP contribution is -2.32. The lowest BCUT2D eigenvalue weighted by Gasteiger charge is -2.07. The molecule has 0 spiro atoms. The Balaban J connectivity index is 0.000000956. The molecule has 0 amide bonds. The fourth-order valence-corrected chi connectivity index (χ4v) is 2.32. The number of carboxylic acids is 1. The Morgan fingerprint density at radius 3 is 2.50 bits per heavy atom. The van der Waals surface area contributed by atoms with Gasteiger partial charge in [-0.15, -0.1) is 0 Å². The highest BCUT2D eigenvalue weighted by Crippen LogP contribution is 2.26. The van der Waals surface area contributed by atoms with Gasteiger partial charge in [0, 0.05) is 30.1 Å². The fraction of sp³-hybridized carbons (Fsp3) is 0.438. The molecule has 1 unspecified atom stereocenters. The van der Waals surface area contributed by atoms with Crippen molar-refractivity contribution < 1.29 is 9.90 Å². The molecule has 2 aromatic rings. The third-order valence-electron chi connectivity index (χ3n) is 3.52. The summed E-state index contributed by atoms with van der Waals surface area (Å²) in [5.41, 5.74) is 10.1. The van der Waals surface area contributed by atoms with Crippen molar-refractivity contribution in [2.24, 2.45) is 12.8 Å². The molecule has 0 radical (unpaired) electrons. The summed E-state index contributed by atoms with van der Waals surface area (Å²) in [6.45, 7) is 8.05. The van der Waals surface area contributed by atoms with Crippen molar-refractivity contribution in [3.8, 4) is 0 Å². The number of nitrogens with two attached hydrogens (primary N) is 1. The van der Waals surface area contributed by atoms with Gasteiger partial charge in [-0.2, -0.15) is 0 Å². The highest BCUT2D eigenvalue weighted by Gasteiger charge is 2.18. The van der Waals surface area contributed by atoms with Crippen LogP contribution in [0.2, 0.25) is 0 Å². The lowest BCUT2D eigenvalue weighted by atomic mass is 10.0. The minimum Gasteiger partial charge on any atom is -0.480 e. The van der Waals surface area contributed by atoms with Gasteiger partial charge in [-0.05, 0) is 31.0 Å². The van der Waals surface area contributed by atoms with E-state index in [1.54, 1.807) is 0 Å². The van der Waals surface area contributed by atoms with Crippen LogP contribution >= 0.6 is 0 Å². The van der Waals surface area contributed by atoms with Gasteiger partial charge in [-0.3, -0.25) is 4.79 Å². The molecule has 4 heteroatoms. The monoisotopic (exact) mass is 276 g/mol. The van der Waals surface area contributed by atoms with Crippen molar-refractivity contribution in [3.63, 3.8) is 0 Å². The number of aromatic nitrogens is 1. The smallest absolute Gasteiger partial charge is 0.320 e. The molecule has 0 saturated carbocycles. The Kier molecular flexibility index (Phi) is 5.34. The number of carboxylic acid groups (broad SMARTS) is 1. The van der Waals surface area contributed by atoms with E-state index in [1.807, 2.05) is 46.9 Å². The van der Waals surface area contributed by atoms with Crippen LogP contribution in [0.1, 0.15) is 30.7 Å². The molecule has 1 heterocycles. The molecule has 1 atom stereocenters. The average Bonchev–Trinajstić information content (AvgIpc) is 2.66. The summed E-state index contributed by atoms with van der Waals surface area (Å²) in [6.07, 6.45) is 0.363. The van der Waals surface area contributed by atoms with Gasteiger partial charge in [0.1, 0.15) is 6.04 Å². The molecular formula is C16H24N2O2. The number of rotatable bonds is 3. The first-order valence-corrected chi connectivity index (χ1v) is 6.94. The first-order valence-electron chi connectivity index (χ1n) is 6.94. The molecule has 0 saturated heterocycles. The first-order chi connectivity index (χ1) is 9.41. The third kappa shape index (κ3) is 3.02. The molecule has 0 aliphatic carbocycles. The summed E-state index contributed by atoms with van der Waals surface area (Å²) in [5, 5.41) is 10.0. The van der Waals surface area contributed by atoms with Crippen molar-refractivity contribution in [3.05, 3.63) is 35.0 Å². The van der Waals surface area contributed by atoms with Crippen LogP contribution in [0, 0.1) is 13.8 Å². The van der Waals surface area contributed by atoms with Crippen molar-refractivity contribution in [2.75, 3.05) is 0 Å². The van der Waals surface area contributed by atoms with Crippen LogP contribution in [0.4, 0.5) is 0 Å². The summed E-state index contributed by atoms with van der Waals surface area (Å²) < 4.78 is 2.09. The molecule has 0 fully saturated rings. The molecule has 0 aliphatic heterocycles. The minimum atomic E-state index is -0.960. The maximum Gasteiger partial charge on any atom is 0.320 e. The Bertz CT molecular complexity index is 614. The van der Waals surface area contributed by atoms with E-state index in [0.29, 0.717) is 6.42 Å². The molecule has 20 heavy (non-hydrogen) atoms. The van der Waals surface area contributed by atoms with Gasteiger partial charge in [0.05, 0.1) is 0 Å². The van der Waals surface area contributed by atoms with Crippen LogP contribution in [0.3, 0.4) is 0 Å². The van der Waals surface area contributed by atoms with E-state index >= 15 is 0 Å². The fourth-order valence-electron chi connectivity index (χ4n) is 2.32. The van der Waals surface area contributed by atoms with Crippen molar-refractivity contribution in [1.29, 1.82) is 0 Å². The second kappa shape index (κ2) is 6.57. The molecule has 0 bridgehead atoms. The normalized spacial score (nSPS) is 11.9. The highest BCUT2D eigenvalue weighted by molar-refractivity contribution is 5.87. The number of benzene rings is 1. The number of nitrogens with zero attached hydrogens (tertiary/aromatic N) is 1. The quantitative estimate of drug-likeness (QED) is 0.905. The Morgan fingerprint density at radius 1 is 1.35 bits per heavy atom. The number of carbonyl (C=O) groups is 1. The summed E-state index contributed by atoms with van der Waals surface area (Å²) in [5.74, 6) is -0.960. The Labute approximate surface area is 120 Å². The van der Waals surface area contributed by atoms with Crippen molar-refractivity contribution in [1.82, 2.24) is 4.57 Å². The van der Waals surface area contributed by atoms with E-state index in [0.717, 1.165) is 22.2 Å². The number of hydrogen-bond donors (Lipinski definition) is 2. The zero-order chi connectivity index (χ0) is 15.4. The Hall–Kier alpha value is -1.81. The molecule has 0 aliphatic rings. The number of fused-ring (bicyclic) bond motifs is 1. The van der Waals surface area contributed by atoms with E-state index < -0.39 is 12.0 Å². The Morgan fingerprint density at radius 2 is 1.95 bits per heavy atom. The van der Waals surface area contributed by atoms with Gasteiger partial charge in [0.15, 0.2) is 0 Å². The predicted molar refractivity (Wildman–Crippen MR) is 83.1 cm³/mol. The van der Waals surface area contributed by atoms with Gasteiger partial charge in [0.25, 0.3) is 0 Å². The molecule has 2 rings (SSSR count). The zero-order valence-electron chi connectivity index (χ0n) is 12.9. The van der Waals surface area contributed by atoms with E-state index in [9.17, 15) is 4.79 Å². The van der Waals surface area contributed by atoms with Gasteiger partial charge in [0.2, 0.25) is 0 Å². The highest BCUT2D eigenvalue weighted by atomic mass is 16.4. The van der Waals surface area contributed by atoms with Gasteiger partial charge in [-0.25, -0.2) is 0 Å². The van der Waals surface area contributed by atoms with Crippen LogP contribution in [0.25, 0.3) is 10.9 Å². The van der Waals surface area contributed by atoms with Crippen LogP contribution < -0.4 is 5.73 Å². The molecule has 4 nitrogen and oxygen atoms in total. The number of aliphatic carboxylic acids is 1. The van der Waals surface area contributed by atoms with E-state index in [2.05, 4.69) is 10.6 Å². The standard InChI is InChI=1S/C14H18N2O2.C2H6/c1-8-4-5-10-11(7-12(15)14(17)18)9(2)16(3)13(10)6-8;1-2/h4-6,12H,7,15H2,1-3H3,(H,17,18);1-2H3. The van der Waals surface area contributed by atoms with Crippen LogP contribution in [0.15, 0.2) is 18.2 Å². The van der Waals surface area contributed by atoms with E-state index in [1.165, 1.54) is 5.56 Å². The predicted octanol–water partition coefficient (Wildman–Crippen LogP) is 2.78. The van der Waals surface area contributed by atoms with Gasteiger partial charge < -0.3 is 15.4 Å². The second-order valence-electron chi connectivity index (χ2n) is 4.79. The summed E-state index contributed by atoms with van der Waals surface area (Å²) in [7, 11) is 1.99. The number of hydrogen-bond acceptors (Lipinski definition) is 2. The molecule has 110 valence electrons. The SMILES string of the molecule is CC.Cc1ccc2c(CC(N)C(=O)O)c(C)n(C)c2c1. The first kappa shape index (κ1) is 16.2. The van der Waals surface area contributed by atoms with E-state index in [4.69, 9.17) is 10.8 Å². The van der Waals surface area contributed by atoms with Crippen molar-refractivity contribution in [2.45, 2.75) is 40.2 Å². The van der Waals surface area contributed by atoms with Crippen molar-refractivity contribution >= 4 is 16.9 Å². The van der Waals surface area contributed by atoms with Crippen LogP contribution in [0.5, 0.6) is 0 Å². The second-order valence-corrected chi connectivity index (χ2v) is 4.79. The molecular weight excluding hydrogens is 252 g/mol. The molecule has 3 N–H and O–H groups in total.